The fourth-order valence-corrected chi connectivity index (χ4v) is 4.04. The van der Waals surface area contributed by atoms with Gasteiger partial charge in [-0.25, -0.2) is 0 Å². The van der Waals surface area contributed by atoms with Crippen LogP contribution in [-0.4, -0.2) is 38.6 Å². The number of ether oxygens (including phenoxy) is 1. The summed E-state index contributed by atoms with van der Waals surface area (Å²) in [5, 5.41) is 4.33. The summed E-state index contributed by atoms with van der Waals surface area (Å²) in [7, 11) is 5.70. The summed E-state index contributed by atoms with van der Waals surface area (Å²) in [6.07, 6.45) is 2.38. The van der Waals surface area contributed by atoms with Gasteiger partial charge >= 0.3 is 0 Å². The summed E-state index contributed by atoms with van der Waals surface area (Å²) >= 11 is 0. The van der Waals surface area contributed by atoms with E-state index in [0.717, 1.165) is 22.5 Å². The minimum atomic E-state index is -0.00648. The van der Waals surface area contributed by atoms with E-state index in [1.54, 1.807) is 7.11 Å². The van der Waals surface area contributed by atoms with Gasteiger partial charge in [-0.15, -0.1) is 0 Å². The van der Waals surface area contributed by atoms with E-state index in [1.807, 2.05) is 50.5 Å². The monoisotopic (exact) mass is 427 g/mol. The van der Waals surface area contributed by atoms with Gasteiger partial charge in [0.2, 0.25) is 5.91 Å². The van der Waals surface area contributed by atoms with Crippen LogP contribution in [0.5, 0.6) is 5.75 Å². The maximum atomic E-state index is 12.8. The van der Waals surface area contributed by atoms with Crippen LogP contribution in [0.25, 0.3) is 10.9 Å². The Morgan fingerprint density at radius 2 is 1.81 bits per heavy atom. The zero-order valence-electron chi connectivity index (χ0n) is 18.8. The number of carbonyl (C=O) groups excluding carboxylic acids is 1. The van der Waals surface area contributed by atoms with E-state index in [4.69, 9.17) is 4.74 Å². The highest BCUT2D eigenvalue weighted by Crippen LogP contribution is 2.31. The molecule has 5 nitrogen and oxygen atoms in total. The minimum absolute atomic E-state index is 0.00648. The minimum Gasteiger partial charge on any atom is -0.497 e. The lowest BCUT2D eigenvalue weighted by Crippen LogP contribution is -2.30. The number of aromatic amines is 1. The van der Waals surface area contributed by atoms with Gasteiger partial charge in [-0.2, -0.15) is 0 Å². The van der Waals surface area contributed by atoms with Gasteiger partial charge in [0.05, 0.1) is 13.5 Å². The van der Waals surface area contributed by atoms with Crippen molar-refractivity contribution >= 4 is 22.5 Å². The molecule has 5 heteroatoms. The van der Waals surface area contributed by atoms with Crippen molar-refractivity contribution in [3.8, 4) is 5.75 Å². The Balaban J connectivity index is 1.57. The molecule has 4 rings (SSSR count). The summed E-state index contributed by atoms with van der Waals surface area (Å²) in [4.78, 5) is 18.2. The standard InChI is InChI=1S/C27H29N3O2/c1-30(2)21-13-11-20(12-14-21)24(25-18-28-26-10-5-4-9-23(25)26)17-29-27(31)16-19-7-6-8-22(15-19)32-3/h4-15,18,24,28H,16-17H2,1-3H3,(H,29,31)/t24-/m1/s1. The number of H-pyrrole nitrogens is 1. The van der Waals surface area contributed by atoms with Crippen molar-refractivity contribution < 1.29 is 9.53 Å². The lowest BCUT2D eigenvalue weighted by Gasteiger charge is -2.20. The van der Waals surface area contributed by atoms with Crippen molar-refractivity contribution in [2.75, 3.05) is 32.6 Å². The zero-order valence-corrected chi connectivity index (χ0v) is 18.8. The number of hydrogen-bond acceptors (Lipinski definition) is 3. The average molecular weight is 428 g/mol. The number of aromatic nitrogens is 1. The molecule has 0 bridgehead atoms. The lowest BCUT2D eigenvalue weighted by molar-refractivity contribution is -0.120. The number of nitrogens with one attached hydrogen (secondary N) is 2. The molecule has 4 aromatic rings. The number of amides is 1. The number of hydrogen-bond donors (Lipinski definition) is 2. The predicted octanol–water partition coefficient (Wildman–Crippen LogP) is 4.73. The van der Waals surface area contributed by atoms with Crippen molar-refractivity contribution in [3.63, 3.8) is 0 Å². The van der Waals surface area contributed by atoms with E-state index in [-0.39, 0.29) is 11.8 Å². The third-order valence-corrected chi connectivity index (χ3v) is 5.81. The van der Waals surface area contributed by atoms with Crippen LogP contribution < -0.4 is 15.0 Å². The molecule has 0 saturated heterocycles. The Morgan fingerprint density at radius 3 is 2.56 bits per heavy atom. The molecule has 1 amide bonds. The molecule has 0 saturated carbocycles. The van der Waals surface area contributed by atoms with Gasteiger partial charge in [-0.05, 0) is 47.0 Å². The maximum Gasteiger partial charge on any atom is 0.224 e. The van der Waals surface area contributed by atoms with Crippen LogP contribution in [0.3, 0.4) is 0 Å². The van der Waals surface area contributed by atoms with Gasteiger partial charge in [0.15, 0.2) is 0 Å². The highest BCUT2D eigenvalue weighted by molar-refractivity contribution is 5.84. The fraction of sp³-hybridized carbons (Fsp3) is 0.222. The molecule has 0 aliphatic heterocycles. The van der Waals surface area contributed by atoms with Crippen LogP contribution >= 0.6 is 0 Å². The summed E-state index contributed by atoms with van der Waals surface area (Å²) in [6.45, 7) is 0.520. The molecule has 1 aromatic heterocycles. The first kappa shape index (κ1) is 21.5. The molecular formula is C27H29N3O2. The molecule has 32 heavy (non-hydrogen) atoms. The third-order valence-electron chi connectivity index (χ3n) is 5.81. The van der Waals surface area contributed by atoms with Gasteiger partial charge in [-0.1, -0.05) is 42.5 Å². The number of benzene rings is 3. The molecule has 0 fully saturated rings. The van der Waals surface area contributed by atoms with Crippen LogP contribution in [0.15, 0.2) is 79.0 Å². The molecule has 0 unspecified atom stereocenters. The first-order chi connectivity index (χ1) is 15.5. The molecule has 0 aliphatic rings. The zero-order chi connectivity index (χ0) is 22.5. The van der Waals surface area contributed by atoms with E-state index in [2.05, 4.69) is 57.8 Å². The average Bonchev–Trinajstić information content (AvgIpc) is 3.24. The second-order valence-corrected chi connectivity index (χ2v) is 8.16. The van der Waals surface area contributed by atoms with E-state index in [9.17, 15) is 4.79 Å². The van der Waals surface area contributed by atoms with Gasteiger partial charge in [0.25, 0.3) is 0 Å². The Labute approximate surface area is 189 Å². The van der Waals surface area contributed by atoms with Crippen molar-refractivity contribution in [3.05, 3.63) is 95.7 Å². The van der Waals surface area contributed by atoms with Crippen molar-refractivity contribution in [1.82, 2.24) is 10.3 Å². The third kappa shape index (κ3) is 4.78. The van der Waals surface area contributed by atoms with Crippen molar-refractivity contribution in [2.45, 2.75) is 12.3 Å². The van der Waals surface area contributed by atoms with Crippen LogP contribution in [-0.2, 0) is 11.2 Å². The lowest BCUT2D eigenvalue weighted by atomic mass is 9.90. The van der Waals surface area contributed by atoms with Gasteiger partial charge in [0.1, 0.15) is 5.75 Å². The van der Waals surface area contributed by atoms with Crippen molar-refractivity contribution in [2.24, 2.45) is 0 Å². The molecule has 0 spiro atoms. The molecule has 1 heterocycles. The topological polar surface area (TPSA) is 57.4 Å². The first-order valence-corrected chi connectivity index (χ1v) is 10.8. The maximum absolute atomic E-state index is 12.8. The number of anilines is 1. The second-order valence-electron chi connectivity index (χ2n) is 8.16. The number of nitrogens with zero attached hydrogens (tertiary/aromatic N) is 1. The Kier molecular flexibility index (Phi) is 6.45. The van der Waals surface area contributed by atoms with Crippen LogP contribution in [0, 0.1) is 0 Å². The molecule has 3 aromatic carbocycles. The van der Waals surface area contributed by atoms with E-state index < -0.39 is 0 Å². The quantitative estimate of drug-likeness (QED) is 0.427. The number of carbonyl (C=O) groups is 1. The highest BCUT2D eigenvalue weighted by Gasteiger charge is 2.19. The normalized spacial score (nSPS) is 11.8. The van der Waals surface area contributed by atoms with E-state index >= 15 is 0 Å². The Morgan fingerprint density at radius 1 is 1.03 bits per heavy atom. The number of para-hydroxylation sites is 1. The Bertz CT molecular complexity index is 1190. The summed E-state index contributed by atoms with van der Waals surface area (Å²) in [5.41, 5.74) is 5.52. The van der Waals surface area contributed by atoms with Crippen LogP contribution in [0.4, 0.5) is 5.69 Å². The van der Waals surface area contributed by atoms with Gasteiger partial charge in [-0.3, -0.25) is 4.79 Å². The summed E-state index contributed by atoms with van der Waals surface area (Å²) in [6, 6.07) is 24.4. The summed E-state index contributed by atoms with van der Waals surface area (Å²) in [5.74, 6) is 0.789. The number of methoxy groups -OCH3 is 1. The molecule has 164 valence electrons. The van der Waals surface area contributed by atoms with Crippen molar-refractivity contribution in [1.29, 1.82) is 0 Å². The highest BCUT2D eigenvalue weighted by atomic mass is 16.5. The molecule has 2 N–H and O–H groups in total. The van der Waals surface area contributed by atoms with E-state index in [1.165, 1.54) is 16.5 Å². The Hall–Kier alpha value is -3.73. The number of fused-ring (bicyclic) bond motifs is 1. The fourth-order valence-electron chi connectivity index (χ4n) is 4.04. The second kappa shape index (κ2) is 9.60. The predicted molar refractivity (Wildman–Crippen MR) is 131 cm³/mol. The first-order valence-electron chi connectivity index (χ1n) is 10.8. The molecule has 1 atom stereocenters. The van der Waals surface area contributed by atoms with Gasteiger partial charge < -0.3 is 19.9 Å². The summed E-state index contributed by atoms with van der Waals surface area (Å²) < 4.78 is 5.27. The largest absolute Gasteiger partial charge is 0.497 e. The number of rotatable bonds is 8. The van der Waals surface area contributed by atoms with Crippen LogP contribution in [0.1, 0.15) is 22.6 Å². The van der Waals surface area contributed by atoms with Crippen LogP contribution in [0.2, 0.25) is 0 Å². The smallest absolute Gasteiger partial charge is 0.224 e. The molecular weight excluding hydrogens is 398 g/mol. The molecule has 0 aliphatic carbocycles. The molecule has 0 radical (unpaired) electrons. The van der Waals surface area contributed by atoms with E-state index in [0.29, 0.717) is 13.0 Å². The van der Waals surface area contributed by atoms with Gasteiger partial charge in [0, 0.05) is 49.3 Å². The SMILES string of the molecule is COc1cccc(CC(=O)NC[C@H](c2ccc(N(C)C)cc2)c2c[nH]c3ccccc23)c1.